The molecule has 0 saturated heterocycles. The fourth-order valence-corrected chi connectivity index (χ4v) is 2.40. The number of nitrogens with one attached hydrogen (secondary N) is 1. The molecule has 5 heteroatoms. The molecule has 0 bridgehead atoms. The number of carboxylic acids is 1. The first-order valence-corrected chi connectivity index (χ1v) is 8.39. The van der Waals surface area contributed by atoms with Crippen LogP contribution in [0.1, 0.15) is 41.3 Å². The number of amides is 1. The molecule has 132 valence electrons. The van der Waals surface area contributed by atoms with Gasteiger partial charge in [-0.25, -0.2) is 4.79 Å². The zero-order chi connectivity index (χ0) is 18.1. The molecule has 0 saturated carbocycles. The minimum Gasteiger partial charge on any atom is -0.494 e. The third-order valence-corrected chi connectivity index (χ3v) is 3.75. The number of unbranched alkanes of at least 4 members (excludes halogenated alkanes) is 1. The summed E-state index contributed by atoms with van der Waals surface area (Å²) in [4.78, 5) is 23.3. The molecule has 1 amide bonds. The van der Waals surface area contributed by atoms with Crippen LogP contribution >= 0.6 is 0 Å². The first kappa shape index (κ1) is 18.5. The maximum absolute atomic E-state index is 12.1. The Labute approximate surface area is 147 Å². The van der Waals surface area contributed by atoms with Crippen molar-refractivity contribution in [3.05, 3.63) is 65.2 Å². The number of hydrogen-bond acceptors (Lipinski definition) is 3. The van der Waals surface area contributed by atoms with E-state index in [0.29, 0.717) is 18.7 Å². The van der Waals surface area contributed by atoms with Gasteiger partial charge >= 0.3 is 5.97 Å². The molecule has 25 heavy (non-hydrogen) atoms. The summed E-state index contributed by atoms with van der Waals surface area (Å²) in [5.41, 5.74) is 1.60. The number of aromatic carboxylic acids is 1. The molecule has 0 spiro atoms. The van der Waals surface area contributed by atoms with E-state index >= 15 is 0 Å². The number of carboxylic acid groups (broad SMARTS) is 1. The van der Waals surface area contributed by atoms with E-state index in [-0.39, 0.29) is 17.9 Å². The number of ether oxygens (including phenoxy) is 1. The Bertz CT molecular complexity index is 727. The number of benzene rings is 2. The molecule has 5 nitrogen and oxygen atoms in total. The van der Waals surface area contributed by atoms with Gasteiger partial charge in [0.05, 0.1) is 18.6 Å². The zero-order valence-corrected chi connectivity index (χ0v) is 14.3. The Balaban J connectivity index is 1.90. The molecule has 2 rings (SSSR count). The second kappa shape index (κ2) is 9.47. The van der Waals surface area contributed by atoms with Crippen molar-refractivity contribution in [3.8, 4) is 5.75 Å². The number of rotatable bonds is 9. The topological polar surface area (TPSA) is 75.6 Å². The Morgan fingerprint density at radius 1 is 1.12 bits per heavy atom. The Kier molecular flexibility index (Phi) is 7.01. The van der Waals surface area contributed by atoms with Gasteiger partial charge in [-0.05, 0) is 35.7 Å². The van der Waals surface area contributed by atoms with E-state index < -0.39 is 5.97 Å². The van der Waals surface area contributed by atoms with Crippen molar-refractivity contribution in [2.75, 3.05) is 6.61 Å². The van der Waals surface area contributed by atoms with Crippen molar-refractivity contribution in [1.29, 1.82) is 0 Å². The van der Waals surface area contributed by atoms with Crippen LogP contribution in [0.25, 0.3) is 0 Å². The first-order valence-electron chi connectivity index (χ1n) is 8.39. The van der Waals surface area contributed by atoms with Gasteiger partial charge in [0, 0.05) is 6.54 Å². The highest BCUT2D eigenvalue weighted by molar-refractivity contribution is 5.91. The van der Waals surface area contributed by atoms with E-state index in [0.717, 1.165) is 24.2 Å². The highest BCUT2D eigenvalue weighted by Crippen LogP contribution is 2.14. The van der Waals surface area contributed by atoms with Gasteiger partial charge in [-0.15, -0.1) is 0 Å². The molecule has 0 atom stereocenters. The number of carbonyl (C=O) groups is 2. The van der Waals surface area contributed by atoms with Crippen LogP contribution in [-0.2, 0) is 17.8 Å². The molecular weight excluding hydrogens is 318 g/mol. The summed E-state index contributed by atoms with van der Waals surface area (Å²) in [6.45, 7) is 3.16. The van der Waals surface area contributed by atoms with Crippen LogP contribution in [0.3, 0.4) is 0 Å². The van der Waals surface area contributed by atoms with Crippen molar-refractivity contribution < 1.29 is 19.4 Å². The molecule has 0 fully saturated rings. The van der Waals surface area contributed by atoms with Gasteiger partial charge in [-0.1, -0.05) is 43.7 Å². The van der Waals surface area contributed by atoms with E-state index in [1.54, 1.807) is 18.2 Å². The third-order valence-electron chi connectivity index (χ3n) is 3.75. The average molecular weight is 341 g/mol. The van der Waals surface area contributed by atoms with Crippen molar-refractivity contribution in [3.63, 3.8) is 0 Å². The molecule has 0 aromatic heterocycles. The second-order valence-corrected chi connectivity index (χ2v) is 5.77. The molecule has 2 N–H and O–H groups in total. The lowest BCUT2D eigenvalue weighted by Crippen LogP contribution is -2.25. The van der Waals surface area contributed by atoms with E-state index in [4.69, 9.17) is 9.84 Å². The van der Waals surface area contributed by atoms with Crippen LogP contribution in [0, 0.1) is 0 Å². The largest absolute Gasteiger partial charge is 0.494 e. The fraction of sp³-hybridized carbons (Fsp3) is 0.300. The second-order valence-electron chi connectivity index (χ2n) is 5.77. The fourth-order valence-electron chi connectivity index (χ4n) is 2.40. The minimum atomic E-state index is -1.03. The summed E-state index contributed by atoms with van der Waals surface area (Å²) in [6.07, 6.45) is 2.12. The van der Waals surface area contributed by atoms with Gasteiger partial charge in [0.25, 0.3) is 0 Å². The van der Waals surface area contributed by atoms with Gasteiger partial charge in [0.15, 0.2) is 0 Å². The summed E-state index contributed by atoms with van der Waals surface area (Å²) < 4.78 is 5.65. The van der Waals surface area contributed by atoms with Crippen LogP contribution in [0.5, 0.6) is 5.75 Å². The predicted molar refractivity (Wildman–Crippen MR) is 95.8 cm³/mol. The highest BCUT2D eigenvalue weighted by Gasteiger charge is 2.12. The predicted octanol–water partition coefficient (Wildman–Crippen LogP) is 3.42. The molecule has 0 aliphatic rings. The van der Waals surface area contributed by atoms with Gasteiger partial charge < -0.3 is 15.2 Å². The van der Waals surface area contributed by atoms with Gasteiger partial charge in [0.2, 0.25) is 5.91 Å². The van der Waals surface area contributed by atoms with Crippen molar-refractivity contribution in [2.24, 2.45) is 0 Å². The molecule has 0 aliphatic heterocycles. The van der Waals surface area contributed by atoms with Crippen LogP contribution in [0.4, 0.5) is 0 Å². The molecule has 2 aromatic carbocycles. The summed E-state index contributed by atoms with van der Waals surface area (Å²) in [5, 5.41) is 12.0. The monoisotopic (exact) mass is 341 g/mol. The maximum atomic E-state index is 12.1. The van der Waals surface area contributed by atoms with Crippen molar-refractivity contribution in [2.45, 2.75) is 32.7 Å². The normalized spacial score (nSPS) is 10.3. The lowest BCUT2D eigenvalue weighted by Gasteiger charge is -2.10. The molecule has 0 radical (unpaired) electrons. The van der Waals surface area contributed by atoms with Crippen LogP contribution in [0.2, 0.25) is 0 Å². The van der Waals surface area contributed by atoms with Crippen LogP contribution < -0.4 is 10.1 Å². The Hall–Kier alpha value is -2.82. The van der Waals surface area contributed by atoms with Crippen molar-refractivity contribution >= 4 is 11.9 Å². The Morgan fingerprint density at radius 3 is 2.68 bits per heavy atom. The summed E-state index contributed by atoms with van der Waals surface area (Å²) in [6, 6.07) is 14.1. The lowest BCUT2D eigenvalue weighted by atomic mass is 10.0. The minimum absolute atomic E-state index is 0.0369. The van der Waals surface area contributed by atoms with Gasteiger partial charge in [-0.2, -0.15) is 0 Å². The molecule has 0 unspecified atom stereocenters. The number of carbonyl (C=O) groups excluding carboxylic acids is 1. The molecular formula is C20H23NO4. The lowest BCUT2D eigenvalue weighted by molar-refractivity contribution is -0.120. The third kappa shape index (κ3) is 5.95. The SMILES string of the molecule is CCCCOc1cccc(CNC(=O)Cc2ccccc2C(=O)O)c1. The van der Waals surface area contributed by atoms with Gasteiger partial charge in [0.1, 0.15) is 5.75 Å². The average Bonchev–Trinajstić information content (AvgIpc) is 2.61. The van der Waals surface area contributed by atoms with E-state index in [9.17, 15) is 9.59 Å². The van der Waals surface area contributed by atoms with Crippen LogP contribution in [-0.4, -0.2) is 23.6 Å². The molecule has 0 heterocycles. The summed E-state index contributed by atoms with van der Waals surface area (Å²) >= 11 is 0. The smallest absolute Gasteiger partial charge is 0.335 e. The van der Waals surface area contributed by atoms with Crippen molar-refractivity contribution in [1.82, 2.24) is 5.32 Å². The standard InChI is InChI=1S/C20H23NO4/c1-2-3-11-25-17-9-6-7-15(12-17)14-21-19(22)13-16-8-4-5-10-18(16)20(23)24/h4-10,12H,2-3,11,13-14H2,1H3,(H,21,22)(H,23,24). The van der Waals surface area contributed by atoms with E-state index in [2.05, 4.69) is 12.2 Å². The van der Waals surface area contributed by atoms with E-state index in [1.807, 2.05) is 24.3 Å². The summed E-state index contributed by atoms with van der Waals surface area (Å²) in [5.74, 6) is -0.456. The maximum Gasteiger partial charge on any atom is 0.335 e. The molecule has 0 aliphatic carbocycles. The Morgan fingerprint density at radius 2 is 1.92 bits per heavy atom. The first-order chi connectivity index (χ1) is 12.1. The highest BCUT2D eigenvalue weighted by atomic mass is 16.5. The van der Waals surface area contributed by atoms with Gasteiger partial charge in [-0.3, -0.25) is 4.79 Å². The molecule has 2 aromatic rings. The van der Waals surface area contributed by atoms with Crippen LogP contribution in [0.15, 0.2) is 48.5 Å². The number of hydrogen-bond donors (Lipinski definition) is 2. The quantitative estimate of drug-likeness (QED) is 0.685. The summed E-state index contributed by atoms with van der Waals surface area (Å²) in [7, 11) is 0. The zero-order valence-electron chi connectivity index (χ0n) is 14.3. The van der Waals surface area contributed by atoms with E-state index in [1.165, 1.54) is 6.07 Å².